The fourth-order valence-corrected chi connectivity index (χ4v) is 2.95. The normalized spacial score (nSPS) is 10.6. The van der Waals surface area contributed by atoms with Crippen LogP contribution in [0.25, 0.3) is 11.3 Å². The number of hydrogen-bond acceptors (Lipinski definition) is 5. The number of carboxylic acid groups (broad SMARTS) is 1. The molecule has 0 bridgehead atoms. The first-order chi connectivity index (χ1) is 15.5. The van der Waals surface area contributed by atoms with E-state index in [1.807, 2.05) is 30.3 Å². The van der Waals surface area contributed by atoms with Gasteiger partial charge in [0.2, 0.25) is 11.8 Å². The number of rotatable bonds is 7. The van der Waals surface area contributed by atoms with Crippen molar-refractivity contribution in [1.29, 1.82) is 0 Å². The van der Waals surface area contributed by atoms with Gasteiger partial charge in [-0.15, -0.1) is 0 Å². The van der Waals surface area contributed by atoms with Gasteiger partial charge in [0, 0.05) is 17.3 Å². The highest BCUT2D eigenvalue weighted by molar-refractivity contribution is 5.88. The number of carboxylic acids is 1. The first kappa shape index (κ1) is 20.9. The van der Waals surface area contributed by atoms with Crippen molar-refractivity contribution in [3.05, 3.63) is 102 Å². The lowest BCUT2D eigenvalue weighted by Gasteiger charge is -2.12. The summed E-state index contributed by atoms with van der Waals surface area (Å²) in [5, 5.41) is 12.0. The van der Waals surface area contributed by atoms with Crippen LogP contribution in [0, 0.1) is 11.6 Å². The third-order valence-corrected chi connectivity index (χ3v) is 4.59. The second-order valence-corrected chi connectivity index (χ2v) is 6.78. The van der Waals surface area contributed by atoms with Crippen molar-refractivity contribution in [2.24, 2.45) is 0 Å². The molecule has 0 fully saturated rings. The summed E-state index contributed by atoms with van der Waals surface area (Å²) in [6.07, 6.45) is 0. The number of nitrogens with zero attached hydrogens (tertiary/aromatic N) is 2. The molecule has 4 rings (SSSR count). The van der Waals surface area contributed by atoms with E-state index in [1.165, 1.54) is 18.2 Å². The summed E-state index contributed by atoms with van der Waals surface area (Å²) in [7, 11) is 0. The lowest BCUT2D eigenvalue weighted by atomic mass is 10.1. The molecule has 6 nitrogen and oxygen atoms in total. The first-order valence-electron chi connectivity index (χ1n) is 9.60. The van der Waals surface area contributed by atoms with E-state index in [4.69, 9.17) is 9.84 Å². The molecule has 0 aliphatic rings. The van der Waals surface area contributed by atoms with Crippen molar-refractivity contribution in [1.82, 2.24) is 9.97 Å². The summed E-state index contributed by atoms with van der Waals surface area (Å²) in [6.45, 7) is -0.351. The minimum Gasteiger partial charge on any atom is -0.478 e. The highest BCUT2D eigenvalue weighted by Gasteiger charge is 2.13. The molecule has 0 saturated heterocycles. The summed E-state index contributed by atoms with van der Waals surface area (Å²) in [4.78, 5) is 19.8. The monoisotopic (exact) mass is 433 g/mol. The standard InChI is InChI=1S/C24H17F2N3O3/c25-19-7-4-8-20(26)18(19)14-32-22-13-21(15-5-2-1-3-6-15)28-24(29-22)27-17-11-9-16(10-12-17)23(30)31/h1-13H,14H2,(H,30,31)(H,27,28,29). The summed E-state index contributed by atoms with van der Waals surface area (Å²) in [5.74, 6) is -2.15. The summed E-state index contributed by atoms with van der Waals surface area (Å²) >= 11 is 0. The van der Waals surface area contributed by atoms with E-state index in [0.717, 1.165) is 17.7 Å². The third kappa shape index (κ3) is 4.86. The van der Waals surface area contributed by atoms with Gasteiger partial charge in [0.05, 0.1) is 16.8 Å². The van der Waals surface area contributed by atoms with Crippen LogP contribution in [0.2, 0.25) is 0 Å². The van der Waals surface area contributed by atoms with E-state index in [9.17, 15) is 13.6 Å². The Balaban J connectivity index is 1.64. The Morgan fingerprint density at radius 1 is 0.906 bits per heavy atom. The van der Waals surface area contributed by atoms with Crippen molar-refractivity contribution < 1.29 is 23.4 Å². The zero-order chi connectivity index (χ0) is 22.5. The smallest absolute Gasteiger partial charge is 0.335 e. The number of halogens is 2. The van der Waals surface area contributed by atoms with Gasteiger partial charge in [-0.1, -0.05) is 36.4 Å². The third-order valence-electron chi connectivity index (χ3n) is 4.59. The second-order valence-electron chi connectivity index (χ2n) is 6.78. The minimum atomic E-state index is -1.03. The number of anilines is 2. The van der Waals surface area contributed by atoms with E-state index >= 15 is 0 Å². The maximum absolute atomic E-state index is 13.9. The molecular weight excluding hydrogens is 416 g/mol. The van der Waals surface area contributed by atoms with Crippen LogP contribution in [0.1, 0.15) is 15.9 Å². The molecule has 0 atom stereocenters. The summed E-state index contributed by atoms with van der Waals surface area (Å²) < 4.78 is 33.5. The second kappa shape index (κ2) is 9.22. The van der Waals surface area contributed by atoms with Crippen molar-refractivity contribution >= 4 is 17.6 Å². The van der Waals surface area contributed by atoms with Crippen molar-refractivity contribution in [2.45, 2.75) is 6.61 Å². The van der Waals surface area contributed by atoms with Crippen LogP contribution < -0.4 is 10.1 Å². The predicted molar refractivity (Wildman–Crippen MR) is 115 cm³/mol. The van der Waals surface area contributed by atoms with Crippen LogP contribution in [-0.2, 0) is 6.61 Å². The Hall–Kier alpha value is -4.33. The predicted octanol–water partition coefficient (Wildman–Crippen LogP) is 5.44. The van der Waals surface area contributed by atoms with Gasteiger partial charge in [-0.25, -0.2) is 18.6 Å². The van der Waals surface area contributed by atoms with Gasteiger partial charge < -0.3 is 15.2 Å². The lowest BCUT2D eigenvalue weighted by molar-refractivity contribution is 0.0697. The fourth-order valence-electron chi connectivity index (χ4n) is 2.95. The van der Waals surface area contributed by atoms with Crippen LogP contribution in [-0.4, -0.2) is 21.0 Å². The topological polar surface area (TPSA) is 84.3 Å². The number of aromatic nitrogens is 2. The van der Waals surface area contributed by atoms with Crippen molar-refractivity contribution in [2.75, 3.05) is 5.32 Å². The maximum Gasteiger partial charge on any atom is 0.335 e. The summed E-state index contributed by atoms with van der Waals surface area (Å²) in [5.41, 5.74) is 1.83. The molecule has 0 spiro atoms. The number of nitrogens with one attached hydrogen (secondary N) is 1. The van der Waals surface area contributed by atoms with Crippen LogP contribution in [0.15, 0.2) is 78.9 Å². The van der Waals surface area contributed by atoms with E-state index in [2.05, 4.69) is 15.3 Å². The fraction of sp³-hybridized carbons (Fsp3) is 0.0417. The van der Waals surface area contributed by atoms with E-state index in [-0.39, 0.29) is 29.6 Å². The zero-order valence-corrected chi connectivity index (χ0v) is 16.6. The molecule has 0 aliphatic heterocycles. The molecular formula is C24H17F2N3O3. The van der Waals surface area contributed by atoms with Gasteiger partial charge in [-0.05, 0) is 36.4 Å². The molecule has 4 aromatic rings. The number of ether oxygens (including phenoxy) is 1. The number of carbonyl (C=O) groups is 1. The van der Waals surface area contributed by atoms with E-state index in [1.54, 1.807) is 18.2 Å². The van der Waals surface area contributed by atoms with Crippen LogP contribution in [0.5, 0.6) is 5.88 Å². The highest BCUT2D eigenvalue weighted by Crippen LogP contribution is 2.25. The molecule has 3 aromatic carbocycles. The van der Waals surface area contributed by atoms with Gasteiger partial charge >= 0.3 is 5.97 Å². The number of hydrogen-bond donors (Lipinski definition) is 2. The molecule has 0 amide bonds. The Morgan fingerprint density at radius 3 is 2.25 bits per heavy atom. The SMILES string of the molecule is O=C(O)c1ccc(Nc2nc(OCc3c(F)cccc3F)cc(-c3ccccc3)n2)cc1. The molecule has 32 heavy (non-hydrogen) atoms. The molecule has 0 saturated carbocycles. The first-order valence-corrected chi connectivity index (χ1v) is 9.60. The van der Waals surface area contributed by atoms with Gasteiger partial charge in [-0.3, -0.25) is 0 Å². The molecule has 0 unspecified atom stereocenters. The molecule has 1 heterocycles. The maximum atomic E-state index is 13.9. The molecule has 1 aromatic heterocycles. The average Bonchev–Trinajstić information content (AvgIpc) is 2.79. The van der Waals surface area contributed by atoms with Crippen LogP contribution >= 0.6 is 0 Å². The van der Waals surface area contributed by atoms with E-state index in [0.29, 0.717) is 11.4 Å². The Labute approximate surface area is 182 Å². The van der Waals surface area contributed by atoms with Crippen molar-refractivity contribution in [3.63, 3.8) is 0 Å². The van der Waals surface area contributed by atoms with Gasteiger partial charge in [0.25, 0.3) is 0 Å². The Morgan fingerprint density at radius 2 is 1.59 bits per heavy atom. The van der Waals surface area contributed by atoms with Gasteiger partial charge in [0.15, 0.2) is 0 Å². The number of benzene rings is 3. The zero-order valence-electron chi connectivity index (χ0n) is 16.6. The van der Waals surface area contributed by atoms with Gasteiger partial charge in [-0.2, -0.15) is 4.98 Å². The average molecular weight is 433 g/mol. The number of aromatic carboxylic acids is 1. The molecule has 160 valence electrons. The van der Waals surface area contributed by atoms with Crippen LogP contribution in [0.3, 0.4) is 0 Å². The quantitative estimate of drug-likeness (QED) is 0.404. The Bertz CT molecular complexity index is 1230. The largest absolute Gasteiger partial charge is 0.478 e. The summed E-state index contributed by atoms with van der Waals surface area (Å²) in [6, 6.07) is 20.5. The van der Waals surface area contributed by atoms with Crippen molar-refractivity contribution in [3.8, 4) is 17.1 Å². The molecule has 8 heteroatoms. The van der Waals surface area contributed by atoms with E-state index < -0.39 is 17.6 Å². The Kier molecular flexibility index (Phi) is 6.03. The highest BCUT2D eigenvalue weighted by atomic mass is 19.1. The molecule has 0 aliphatic carbocycles. The van der Waals surface area contributed by atoms with Gasteiger partial charge in [0.1, 0.15) is 18.2 Å². The molecule has 0 radical (unpaired) electrons. The lowest BCUT2D eigenvalue weighted by Crippen LogP contribution is -2.05. The minimum absolute atomic E-state index is 0.117. The molecule has 2 N–H and O–H groups in total. The van der Waals surface area contributed by atoms with Crippen LogP contribution in [0.4, 0.5) is 20.4 Å².